The average Bonchev–Trinajstić information content (AvgIpc) is 3.42. The summed E-state index contributed by atoms with van der Waals surface area (Å²) < 4.78 is 29.7. The van der Waals surface area contributed by atoms with E-state index in [0.29, 0.717) is 31.0 Å². The van der Waals surface area contributed by atoms with Gasteiger partial charge in [-0.1, -0.05) is 13.0 Å². The molecule has 4 rings (SSSR count). The Bertz CT molecular complexity index is 1290. The van der Waals surface area contributed by atoms with Crippen molar-refractivity contribution in [2.75, 3.05) is 31.6 Å². The van der Waals surface area contributed by atoms with E-state index in [4.69, 9.17) is 10.8 Å². The van der Waals surface area contributed by atoms with E-state index in [1.807, 2.05) is 0 Å². The Balaban J connectivity index is 1.58. The molecule has 0 saturated carbocycles. The summed E-state index contributed by atoms with van der Waals surface area (Å²) in [7, 11) is 0. The lowest BCUT2D eigenvalue weighted by atomic mass is 10.0. The number of carbonyl (C=O) groups excluding carboxylic acids is 2. The molecule has 1 aliphatic rings. The van der Waals surface area contributed by atoms with E-state index in [0.717, 1.165) is 23.5 Å². The van der Waals surface area contributed by atoms with E-state index < -0.39 is 23.6 Å². The van der Waals surface area contributed by atoms with Gasteiger partial charge in [-0.25, -0.2) is 18.6 Å². The molecule has 3 amide bonds. The van der Waals surface area contributed by atoms with Gasteiger partial charge in [0.05, 0.1) is 36.1 Å². The van der Waals surface area contributed by atoms with Crippen molar-refractivity contribution < 1.29 is 28.6 Å². The van der Waals surface area contributed by atoms with Crippen LogP contribution in [0.1, 0.15) is 41.1 Å². The molecule has 3 heterocycles. The summed E-state index contributed by atoms with van der Waals surface area (Å²) in [4.78, 5) is 32.4. The first-order valence-electron chi connectivity index (χ1n) is 11.7. The zero-order chi connectivity index (χ0) is 26.7. The zero-order valence-corrected chi connectivity index (χ0v) is 20.9. The van der Waals surface area contributed by atoms with Gasteiger partial charge in [0.15, 0.2) is 0 Å². The third kappa shape index (κ3) is 5.71. The Morgan fingerprint density at radius 3 is 2.57 bits per heavy atom. The summed E-state index contributed by atoms with van der Waals surface area (Å²) in [5.74, 6) is -2.16. The quantitative estimate of drug-likeness (QED) is 0.316. The number of halogens is 2. The smallest absolute Gasteiger partial charge is 0.320 e. The number of urea groups is 1. The fourth-order valence-corrected chi connectivity index (χ4v) is 5.22. The number of amides is 3. The van der Waals surface area contributed by atoms with Crippen molar-refractivity contribution in [3.8, 4) is 10.4 Å². The van der Waals surface area contributed by atoms with Crippen molar-refractivity contribution in [3.05, 3.63) is 64.9 Å². The molecule has 0 bridgehead atoms. The first-order chi connectivity index (χ1) is 17.7. The Hall–Kier alpha value is -3.61. The maximum Gasteiger partial charge on any atom is 0.320 e. The number of nitrogens with one attached hydrogen (secondary N) is 1. The zero-order valence-electron chi connectivity index (χ0n) is 20.1. The van der Waals surface area contributed by atoms with Crippen molar-refractivity contribution in [2.45, 2.75) is 26.0 Å². The number of aliphatic hydroxyl groups is 2. The van der Waals surface area contributed by atoms with Crippen LogP contribution >= 0.6 is 11.3 Å². The topological polar surface area (TPSA) is 132 Å². The number of aliphatic hydroxyl groups excluding tert-OH is 2. The van der Waals surface area contributed by atoms with Crippen molar-refractivity contribution >= 4 is 34.1 Å². The molecule has 9 nitrogen and oxygen atoms in total. The number of carbonyl (C=O) groups is 2. The second kappa shape index (κ2) is 11.2. The van der Waals surface area contributed by atoms with Crippen molar-refractivity contribution in [3.63, 3.8) is 0 Å². The van der Waals surface area contributed by atoms with Gasteiger partial charge in [0.2, 0.25) is 0 Å². The number of hydrogen-bond donors (Lipinski definition) is 4. The summed E-state index contributed by atoms with van der Waals surface area (Å²) in [5, 5.41) is 22.3. The largest absolute Gasteiger partial charge is 0.395 e. The highest BCUT2D eigenvalue weighted by Crippen LogP contribution is 2.40. The highest BCUT2D eigenvalue weighted by atomic mass is 32.1. The number of aromatic nitrogens is 1. The molecule has 1 saturated heterocycles. The van der Waals surface area contributed by atoms with Crippen LogP contribution in [-0.2, 0) is 6.54 Å². The summed E-state index contributed by atoms with van der Waals surface area (Å²) >= 11 is 0.940. The molecular weight excluding hydrogens is 504 g/mol. The Labute approximate surface area is 216 Å². The van der Waals surface area contributed by atoms with Gasteiger partial charge in [-0.3, -0.25) is 4.79 Å². The monoisotopic (exact) mass is 531 g/mol. The van der Waals surface area contributed by atoms with E-state index in [2.05, 4.69) is 10.3 Å². The van der Waals surface area contributed by atoms with Crippen LogP contribution in [0.15, 0.2) is 36.4 Å². The molecule has 37 heavy (non-hydrogen) atoms. The number of primary amides is 1. The van der Waals surface area contributed by atoms with Gasteiger partial charge >= 0.3 is 6.03 Å². The van der Waals surface area contributed by atoms with Gasteiger partial charge in [0.25, 0.3) is 5.91 Å². The molecule has 0 aliphatic carbocycles. The van der Waals surface area contributed by atoms with Gasteiger partial charge in [0.1, 0.15) is 22.5 Å². The summed E-state index contributed by atoms with van der Waals surface area (Å²) in [5.41, 5.74) is 5.96. The molecule has 1 atom stereocenters. The minimum absolute atomic E-state index is 0.0399. The lowest BCUT2D eigenvalue weighted by Crippen LogP contribution is -2.33. The van der Waals surface area contributed by atoms with Gasteiger partial charge < -0.3 is 31.1 Å². The number of thiophene rings is 1. The predicted octanol–water partition coefficient (Wildman–Crippen LogP) is 3.60. The predicted molar refractivity (Wildman–Crippen MR) is 135 cm³/mol. The van der Waals surface area contributed by atoms with Crippen molar-refractivity contribution in [1.82, 2.24) is 14.8 Å². The fraction of sp³-hybridized carbons (Fsp3) is 0.320. The molecular formula is C25H27F2N5O4S. The second-order valence-electron chi connectivity index (χ2n) is 8.56. The van der Waals surface area contributed by atoms with Crippen molar-refractivity contribution in [1.29, 1.82) is 0 Å². The van der Waals surface area contributed by atoms with Crippen LogP contribution in [0.3, 0.4) is 0 Å². The molecule has 0 spiro atoms. The van der Waals surface area contributed by atoms with Crippen LogP contribution in [0.25, 0.3) is 10.4 Å². The third-order valence-electron chi connectivity index (χ3n) is 6.03. The Morgan fingerprint density at radius 2 is 1.92 bits per heavy atom. The van der Waals surface area contributed by atoms with Crippen LogP contribution in [0.4, 0.5) is 24.4 Å². The van der Waals surface area contributed by atoms with E-state index in [9.17, 15) is 23.5 Å². The van der Waals surface area contributed by atoms with E-state index in [-0.39, 0.29) is 52.3 Å². The molecule has 1 aromatic carbocycles. The minimum Gasteiger partial charge on any atom is -0.395 e. The van der Waals surface area contributed by atoms with Crippen LogP contribution in [0.5, 0.6) is 0 Å². The lowest BCUT2D eigenvalue weighted by Gasteiger charge is -2.17. The number of β-amino-alcohol motifs (C(OH)–C–C–N with tert-alkyl or cyclic N) is 1. The molecule has 1 fully saturated rings. The van der Waals surface area contributed by atoms with Crippen LogP contribution in [0, 0.1) is 11.6 Å². The SMILES string of the molecule is CCC(O)c1cc(F)c(-c2cc(C(N)=O)c(Nc3cccc(CN4CCN(CCO)C4=O)n3)s2)c(F)c1. The maximum atomic E-state index is 14.9. The second-order valence-corrected chi connectivity index (χ2v) is 9.61. The molecule has 3 aromatic rings. The van der Waals surface area contributed by atoms with Gasteiger partial charge in [-0.2, -0.15) is 0 Å². The fourth-order valence-electron chi connectivity index (χ4n) is 4.10. The van der Waals surface area contributed by atoms with Gasteiger partial charge in [0, 0.05) is 24.5 Å². The minimum atomic E-state index is -0.994. The number of pyridine rings is 1. The molecule has 196 valence electrons. The van der Waals surface area contributed by atoms with E-state index >= 15 is 0 Å². The number of nitrogens with two attached hydrogens (primary N) is 1. The standard InChI is InChI=1S/C25H27F2N5O4S/c1-2-19(34)14-10-17(26)22(18(27)11-14)20-12-16(23(28)35)24(37-20)30-21-5-3-4-15(29-21)13-32-7-6-31(8-9-33)25(32)36/h3-5,10-12,19,33-34H,2,6-9,13H2,1H3,(H2,28,35)(H,29,30). The summed E-state index contributed by atoms with van der Waals surface area (Å²) in [6, 6.07) is 8.42. The first-order valence-corrected chi connectivity index (χ1v) is 12.5. The molecule has 12 heteroatoms. The highest BCUT2D eigenvalue weighted by molar-refractivity contribution is 7.20. The molecule has 2 aromatic heterocycles. The number of benzene rings is 1. The molecule has 0 radical (unpaired) electrons. The van der Waals surface area contributed by atoms with Crippen molar-refractivity contribution in [2.24, 2.45) is 5.73 Å². The average molecular weight is 532 g/mol. The number of nitrogens with zero attached hydrogens (tertiary/aromatic N) is 3. The number of rotatable bonds is 10. The Morgan fingerprint density at radius 1 is 1.22 bits per heavy atom. The van der Waals surface area contributed by atoms with Crippen LogP contribution in [-0.4, -0.2) is 63.2 Å². The van der Waals surface area contributed by atoms with E-state index in [1.165, 1.54) is 6.07 Å². The highest BCUT2D eigenvalue weighted by Gasteiger charge is 2.28. The van der Waals surface area contributed by atoms with Crippen LogP contribution in [0.2, 0.25) is 0 Å². The summed E-state index contributed by atoms with van der Waals surface area (Å²) in [6.07, 6.45) is -0.692. The van der Waals surface area contributed by atoms with E-state index in [1.54, 1.807) is 34.9 Å². The Kier molecular flexibility index (Phi) is 8.00. The maximum absolute atomic E-state index is 14.9. The van der Waals surface area contributed by atoms with Crippen LogP contribution < -0.4 is 11.1 Å². The third-order valence-corrected chi connectivity index (χ3v) is 7.10. The first kappa shape index (κ1) is 26.5. The molecule has 1 unspecified atom stereocenters. The molecule has 1 aliphatic heterocycles. The van der Waals surface area contributed by atoms with Gasteiger partial charge in [-0.05, 0) is 42.3 Å². The molecule has 5 N–H and O–H groups in total. The normalized spacial score (nSPS) is 14.4. The van der Waals surface area contributed by atoms with Gasteiger partial charge in [-0.15, -0.1) is 11.3 Å². The lowest BCUT2D eigenvalue weighted by molar-refractivity contribution is 0.100. The number of anilines is 2. The number of hydrogen-bond acceptors (Lipinski definition) is 7. The summed E-state index contributed by atoms with van der Waals surface area (Å²) in [6.45, 7) is 3.13.